The number of amides is 1. The first kappa shape index (κ1) is 16.6. The lowest BCUT2D eigenvalue weighted by molar-refractivity contribution is 0.112. The van der Waals surface area contributed by atoms with Gasteiger partial charge in [-0.05, 0) is 53.9 Å². The van der Waals surface area contributed by atoms with Crippen molar-refractivity contribution in [3.05, 3.63) is 11.8 Å². The highest BCUT2D eigenvalue weighted by molar-refractivity contribution is 5.67. The summed E-state index contributed by atoms with van der Waals surface area (Å²) >= 11 is 0. The Labute approximate surface area is 132 Å². The number of alkyl carbamates (subject to hydrolysis) is 1. The normalized spacial score (nSPS) is 22.1. The maximum Gasteiger partial charge on any atom is 0.407 e. The lowest BCUT2D eigenvalue weighted by Gasteiger charge is -2.24. The summed E-state index contributed by atoms with van der Waals surface area (Å²) in [6.07, 6.45) is 2.44. The molecule has 0 saturated heterocycles. The smallest absolute Gasteiger partial charge is 0.407 e. The number of nitrogen functional groups attached to an aromatic ring is 1. The molecular formula is C16H28N4O2. The number of nitrogens with two attached hydrogens (primary N) is 1. The van der Waals surface area contributed by atoms with Crippen LogP contribution in [0.25, 0.3) is 0 Å². The van der Waals surface area contributed by atoms with E-state index in [1.54, 1.807) is 0 Å². The molecule has 1 saturated carbocycles. The molecular weight excluding hydrogens is 280 g/mol. The third-order valence-electron chi connectivity index (χ3n) is 3.91. The van der Waals surface area contributed by atoms with Crippen LogP contribution in [-0.4, -0.2) is 28.0 Å². The topological polar surface area (TPSA) is 82.2 Å². The summed E-state index contributed by atoms with van der Waals surface area (Å²) in [4.78, 5) is 11.7. The lowest BCUT2D eigenvalue weighted by atomic mass is 10.0. The summed E-state index contributed by atoms with van der Waals surface area (Å²) in [6.45, 7) is 10.1. The molecule has 1 fully saturated rings. The van der Waals surface area contributed by atoms with Gasteiger partial charge >= 0.3 is 6.09 Å². The quantitative estimate of drug-likeness (QED) is 0.899. The molecule has 1 aromatic rings. The summed E-state index contributed by atoms with van der Waals surface area (Å²) in [5.41, 5.74) is 6.95. The molecule has 1 aromatic heterocycles. The van der Waals surface area contributed by atoms with E-state index in [0.29, 0.717) is 11.7 Å². The molecule has 2 atom stereocenters. The number of carbonyl (C=O) groups is 1. The maximum absolute atomic E-state index is 11.7. The fourth-order valence-electron chi connectivity index (χ4n) is 3.04. The Bertz CT molecular complexity index is 531. The van der Waals surface area contributed by atoms with Gasteiger partial charge in [-0.15, -0.1) is 0 Å². The minimum Gasteiger partial charge on any atom is -0.447 e. The predicted molar refractivity (Wildman–Crippen MR) is 86.8 cm³/mol. The minimum atomic E-state index is -0.329. The second kappa shape index (κ2) is 6.18. The monoisotopic (exact) mass is 308 g/mol. The summed E-state index contributed by atoms with van der Waals surface area (Å²) in [6, 6.07) is 2.12. The predicted octanol–water partition coefficient (Wildman–Crippen LogP) is 2.99. The number of anilines is 1. The molecule has 2 unspecified atom stereocenters. The Balaban J connectivity index is 2.03. The third kappa shape index (κ3) is 3.93. The van der Waals surface area contributed by atoms with Crippen LogP contribution in [0.3, 0.4) is 0 Å². The van der Waals surface area contributed by atoms with E-state index < -0.39 is 0 Å². The summed E-state index contributed by atoms with van der Waals surface area (Å²) in [5, 5.41) is 7.39. The van der Waals surface area contributed by atoms with Crippen LogP contribution < -0.4 is 11.1 Å². The van der Waals surface area contributed by atoms with Crippen molar-refractivity contribution in [2.24, 2.45) is 0 Å². The van der Waals surface area contributed by atoms with Gasteiger partial charge in [-0.25, -0.2) is 4.79 Å². The second-order valence-corrected chi connectivity index (χ2v) is 7.38. The van der Waals surface area contributed by atoms with Crippen molar-refractivity contribution in [3.8, 4) is 0 Å². The average molecular weight is 308 g/mol. The Morgan fingerprint density at radius 3 is 2.73 bits per heavy atom. The Morgan fingerprint density at radius 1 is 1.45 bits per heavy atom. The van der Waals surface area contributed by atoms with Crippen molar-refractivity contribution in [2.45, 2.75) is 77.5 Å². The van der Waals surface area contributed by atoms with Gasteiger partial charge in [-0.3, -0.25) is 4.68 Å². The van der Waals surface area contributed by atoms with E-state index >= 15 is 0 Å². The molecule has 1 heterocycles. The molecule has 124 valence electrons. The number of rotatable bonds is 3. The van der Waals surface area contributed by atoms with Gasteiger partial charge in [0.05, 0.1) is 11.6 Å². The van der Waals surface area contributed by atoms with Crippen LogP contribution in [0.2, 0.25) is 0 Å². The van der Waals surface area contributed by atoms with E-state index in [0.717, 1.165) is 25.0 Å². The second-order valence-electron chi connectivity index (χ2n) is 7.38. The molecule has 0 aliphatic heterocycles. The molecule has 0 aromatic carbocycles. The van der Waals surface area contributed by atoms with E-state index in [1.165, 1.54) is 0 Å². The molecule has 6 heteroatoms. The zero-order valence-electron chi connectivity index (χ0n) is 14.2. The molecule has 1 amide bonds. The van der Waals surface area contributed by atoms with Crippen LogP contribution in [0.5, 0.6) is 0 Å². The van der Waals surface area contributed by atoms with E-state index in [9.17, 15) is 4.79 Å². The van der Waals surface area contributed by atoms with Crippen LogP contribution in [0.15, 0.2) is 6.07 Å². The van der Waals surface area contributed by atoms with Crippen molar-refractivity contribution in [2.75, 3.05) is 5.73 Å². The molecule has 1 aliphatic rings. The van der Waals surface area contributed by atoms with Crippen molar-refractivity contribution < 1.29 is 9.53 Å². The van der Waals surface area contributed by atoms with Crippen LogP contribution in [0.4, 0.5) is 10.6 Å². The molecule has 0 radical (unpaired) electrons. The zero-order valence-corrected chi connectivity index (χ0v) is 14.2. The molecule has 6 nitrogen and oxygen atoms in total. The highest BCUT2D eigenvalue weighted by atomic mass is 16.6. The van der Waals surface area contributed by atoms with Crippen molar-refractivity contribution in [1.82, 2.24) is 15.1 Å². The van der Waals surface area contributed by atoms with Gasteiger partial charge in [-0.2, -0.15) is 5.10 Å². The van der Waals surface area contributed by atoms with Gasteiger partial charge in [0.2, 0.25) is 0 Å². The summed E-state index contributed by atoms with van der Waals surface area (Å²) < 4.78 is 7.16. The molecule has 0 bridgehead atoms. The number of carbonyl (C=O) groups excluding carboxylic acids is 1. The SMILES string of the molecule is CC(C)OC(=O)NC1CCC(c2cc(N)nn2C(C)(C)C)C1. The minimum absolute atomic E-state index is 0.0979. The van der Waals surface area contributed by atoms with Crippen molar-refractivity contribution in [3.63, 3.8) is 0 Å². The van der Waals surface area contributed by atoms with E-state index in [1.807, 2.05) is 24.6 Å². The van der Waals surface area contributed by atoms with Gasteiger partial charge < -0.3 is 15.8 Å². The average Bonchev–Trinajstić information content (AvgIpc) is 2.93. The largest absolute Gasteiger partial charge is 0.447 e. The maximum atomic E-state index is 11.7. The van der Waals surface area contributed by atoms with Gasteiger partial charge in [-0.1, -0.05) is 0 Å². The number of hydrogen-bond acceptors (Lipinski definition) is 4. The van der Waals surface area contributed by atoms with Crippen molar-refractivity contribution >= 4 is 11.9 Å². The number of aromatic nitrogens is 2. The van der Waals surface area contributed by atoms with Crippen molar-refractivity contribution in [1.29, 1.82) is 0 Å². The number of ether oxygens (including phenoxy) is 1. The molecule has 0 spiro atoms. The Morgan fingerprint density at radius 2 is 2.14 bits per heavy atom. The third-order valence-corrected chi connectivity index (χ3v) is 3.91. The Kier molecular flexibility index (Phi) is 4.68. The zero-order chi connectivity index (χ0) is 16.5. The van der Waals surface area contributed by atoms with Gasteiger partial charge in [0, 0.05) is 23.7 Å². The van der Waals surface area contributed by atoms with Gasteiger partial charge in [0.25, 0.3) is 0 Å². The fraction of sp³-hybridized carbons (Fsp3) is 0.750. The van der Waals surface area contributed by atoms with Crippen LogP contribution in [0, 0.1) is 0 Å². The number of nitrogens with one attached hydrogen (secondary N) is 1. The lowest BCUT2D eigenvalue weighted by Crippen LogP contribution is -2.34. The van der Waals surface area contributed by atoms with Gasteiger partial charge in [0.1, 0.15) is 5.82 Å². The van der Waals surface area contributed by atoms with E-state index in [4.69, 9.17) is 10.5 Å². The van der Waals surface area contributed by atoms with E-state index in [-0.39, 0.29) is 23.8 Å². The van der Waals surface area contributed by atoms with E-state index in [2.05, 4.69) is 31.2 Å². The molecule has 22 heavy (non-hydrogen) atoms. The first-order valence-electron chi connectivity index (χ1n) is 8.00. The van der Waals surface area contributed by atoms with Crippen LogP contribution >= 0.6 is 0 Å². The fourth-order valence-corrected chi connectivity index (χ4v) is 3.04. The molecule has 1 aliphatic carbocycles. The summed E-state index contributed by atoms with van der Waals surface area (Å²) in [5.74, 6) is 0.925. The molecule has 3 N–H and O–H groups in total. The highest BCUT2D eigenvalue weighted by Crippen LogP contribution is 2.37. The van der Waals surface area contributed by atoms with Gasteiger partial charge in [0.15, 0.2) is 0 Å². The number of nitrogens with zero attached hydrogens (tertiary/aromatic N) is 2. The standard InChI is InChI=1S/C16H28N4O2/c1-10(2)22-15(21)18-12-7-6-11(8-12)13-9-14(17)19-20(13)16(3,4)5/h9-12H,6-8H2,1-5H3,(H2,17,19)(H,18,21). The van der Waals surface area contributed by atoms with Crippen LogP contribution in [-0.2, 0) is 10.3 Å². The highest BCUT2D eigenvalue weighted by Gasteiger charge is 2.32. The number of hydrogen-bond donors (Lipinski definition) is 2. The summed E-state index contributed by atoms with van der Waals surface area (Å²) in [7, 11) is 0. The Hall–Kier alpha value is -1.72. The molecule has 2 rings (SSSR count). The van der Waals surface area contributed by atoms with Crippen LogP contribution in [0.1, 0.15) is 65.5 Å². The first-order chi connectivity index (χ1) is 10.2. The first-order valence-corrected chi connectivity index (χ1v) is 8.00.